The van der Waals surface area contributed by atoms with Crippen molar-refractivity contribution in [2.75, 3.05) is 39.3 Å². The van der Waals surface area contributed by atoms with Gasteiger partial charge in [0.2, 0.25) is 0 Å². The van der Waals surface area contributed by atoms with Gasteiger partial charge in [-0.25, -0.2) is 0 Å². The molecule has 0 unspecified atom stereocenters. The van der Waals surface area contributed by atoms with Crippen molar-refractivity contribution in [3.63, 3.8) is 0 Å². The van der Waals surface area contributed by atoms with Crippen molar-refractivity contribution in [1.82, 2.24) is 14.7 Å². The summed E-state index contributed by atoms with van der Waals surface area (Å²) in [7, 11) is 0. The minimum atomic E-state index is 0.444. The average molecular weight is 179 g/mol. The maximum atomic E-state index is 2.75. The van der Waals surface area contributed by atoms with E-state index in [9.17, 15) is 0 Å². The summed E-state index contributed by atoms with van der Waals surface area (Å²) in [4.78, 5) is 8.24. The molecule has 13 heavy (non-hydrogen) atoms. The topological polar surface area (TPSA) is 9.72 Å². The Morgan fingerprint density at radius 3 is 1.69 bits per heavy atom. The molecule has 0 N–H and O–H groups in total. The first kappa shape index (κ1) is 7.21. The Kier molecular flexibility index (Phi) is 1.16. The largest absolute Gasteiger partial charge is 0.271 e. The van der Waals surface area contributed by atoms with E-state index in [-0.39, 0.29) is 0 Å². The summed E-state index contributed by atoms with van der Waals surface area (Å²) in [6, 6.07) is 0. The molecule has 72 valence electrons. The van der Waals surface area contributed by atoms with E-state index in [1.54, 1.807) is 0 Å². The molecule has 0 saturated carbocycles. The average Bonchev–Trinajstić information content (AvgIpc) is 2.68. The lowest BCUT2D eigenvalue weighted by molar-refractivity contribution is -0.0346. The van der Waals surface area contributed by atoms with Crippen LogP contribution in [-0.4, -0.2) is 59.8 Å². The van der Waals surface area contributed by atoms with Crippen molar-refractivity contribution in [3.8, 4) is 0 Å². The van der Waals surface area contributed by atoms with Gasteiger partial charge in [0.05, 0.1) is 0 Å². The summed E-state index contributed by atoms with van der Waals surface area (Å²) in [6.07, 6.45) is 2.90. The van der Waals surface area contributed by atoms with Crippen LogP contribution in [0.5, 0.6) is 0 Å². The third-order valence-electron chi connectivity index (χ3n) is 4.72. The van der Waals surface area contributed by atoms with Crippen LogP contribution in [0.4, 0.5) is 0 Å². The van der Waals surface area contributed by atoms with E-state index < -0.39 is 0 Å². The van der Waals surface area contributed by atoms with E-state index in [1.165, 1.54) is 52.1 Å². The zero-order chi connectivity index (χ0) is 8.47. The van der Waals surface area contributed by atoms with Crippen LogP contribution < -0.4 is 0 Å². The number of hydrogen-bond donors (Lipinski definition) is 0. The molecule has 4 rings (SSSR count). The molecule has 0 atom stereocenters. The molecule has 1 spiro atoms. The highest BCUT2D eigenvalue weighted by Gasteiger charge is 2.64. The van der Waals surface area contributed by atoms with Gasteiger partial charge >= 0.3 is 0 Å². The Bertz CT molecular complexity index is 183. The van der Waals surface area contributed by atoms with E-state index in [0.717, 1.165) is 5.92 Å². The van der Waals surface area contributed by atoms with Crippen LogP contribution in [0.15, 0.2) is 0 Å². The highest BCUT2D eigenvalue weighted by Crippen LogP contribution is 2.51. The molecule has 4 aliphatic heterocycles. The summed E-state index contributed by atoms with van der Waals surface area (Å²) in [5, 5.41) is 0. The lowest BCUT2D eigenvalue weighted by atomic mass is 10.0. The second kappa shape index (κ2) is 2.10. The third-order valence-corrected chi connectivity index (χ3v) is 4.72. The van der Waals surface area contributed by atoms with Gasteiger partial charge in [-0.1, -0.05) is 0 Å². The lowest BCUT2D eigenvalue weighted by Crippen LogP contribution is -2.55. The van der Waals surface area contributed by atoms with E-state index in [0.29, 0.717) is 5.79 Å². The van der Waals surface area contributed by atoms with Crippen molar-refractivity contribution in [2.24, 2.45) is 5.92 Å². The molecule has 3 heteroatoms. The second-order valence-corrected chi connectivity index (χ2v) is 4.92. The number of rotatable bonds is 0. The molecule has 0 aromatic heterocycles. The zero-order valence-corrected chi connectivity index (χ0v) is 8.08. The van der Waals surface area contributed by atoms with Gasteiger partial charge in [-0.15, -0.1) is 0 Å². The van der Waals surface area contributed by atoms with E-state index in [4.69, 9.17) is 0 Å². The summed E-state index contributed by atoms with van der Waals surface area (Å²) in [5.74, 6) is 1.41. The zero-order valence-electron chi connectivity index (χ0n) is 8.08. The Morgan fingerprint density at radius 1 is 0.692 bits per heavy atom. The molecular weight excluding hydrogens is 162 g/mol. The van der Waals surface area contributed by atoms with Crippen molar-refractivity contribution in [3.05, 3.63) is 0 Å². The van der Waals surface area contributed by atoms with Gasteiger partial charge in [-0.3, -0.25) is 14.7 Å². The first-order valence-electron chi connectivity index (χ1n) is 5.67. The first-order chi connectivity index (χ1) is 6.42. The normalized spacial score (nSPS) is 50.3. The SMILES string of the molecule is C1CN2CCN3CCN4CCC1C243. The van der Waals surface area contributed by atoms with Crippen LogP contribution in [0.1, 0.15) is 12.8 Å². The predicted octanol–water partition coefficient (Wildman–Crippen LogP) is -0.00300. The Hall–Kier alpha value is -0.120. The van der Waals surface area contributed by atoms with E-state index >= 15 is 0 Å². The standard InChI is InChI=1S/C10H17N3/c1-3-11-5-7-13-8-6-12-4-2-9(1)10(11,12)13/h9H,1-8H2. The van der Waals surface area contributed by atoms with Gasteiger partial charge in [0.15, 0.2) is 0 Å². The lowest BCUT2D eigenvalue weighted by Gasteiger charge is -2.39. The molecule has 0 aliphatic carbocycles. The fourth-order valence-electron chi connectivity index (χ4n) is 4.34. The monoisotopic (exact) mass is 179 g/mol. The molecule has 0 radical (unpaired) electrons. The molecule has 4 heterocycles. The minimum absolute atomic E-state index is 0.444. The first-order valence-corrected chi connectivity index (χ1v) is 5.67. The van der Waals surface area contributed by atoms with Gasteiger partial charge in [-0.05, 0) is 12.8 Å². The molecule has 0 amide bonds. The van der Waals surface area contributed by atoms with Crippen LogP contribution in [0.2, 0.25) is 0 Å². The Morgan fingerprint density at radius 2 is 1.15 bits per heavy atom. The highest BCUT2D eigenvalue weighted by molar-refractivity contribution is 5.12. The van der Waals surface area contributed by atoms with E-state index in [2.05, 4.69) is 14.7 Å². The number of hydrogen-bond acceptors (Lipinski definition) is 3. The van der Waals surface area contributed by atoms with Gasteiger partial charge < -0.3 is 0 Å². The van der Waals surface area contributed by atoms with Gasteiger partial charge in [0, 0.05) is 45.2 Å². The molecular formula is C10H17N3. The van der Waals surface area contributed by atoms with Crippen LogP contribution >= 0.6 is 0 Å². The summed E-state index contributed by atoms with van der Waals surface area (Å²) in [6.45, 7) is 8.02. The fraction of sp³-hybridized carbons (Fsp3) is 1.00. The van der Waals surface area contributed by atoms with Gasteiger partial charge in [0.25, 0.3) is 0 Å². The summed E-state index contributed by atoms with van der Waals surface area (Å²) >= 11 is 0. The summed E-state index contributed by atoms with van der Waals surface area (Å²) < 4.78 is 0. The molecule has 4 saturated heterocycles. The van der Waals surface area contributed by atoms with Crippen molar-refractivity contribution in [1.29, 1.82) is 0 Å². The van der Waals surface area contributed by atoms with Crippen LogP contribution in [0.3, 0.4) is 0 Å². The quantitative estimate of drug-likeness (QED) is 0.518. The smallest absolute Gasteiger partial charge is 0.134 e. The minimum Gasteiger partial charge on any atom is -0.271 e. The highest BCUT2D eigenvalue weighted by atomic mass is 15.7. The fourth-order valence-corrected chi connectivity index (χ4v) is 4.34. The summed E-state index contributed by atoms with van der Waals surface area (Å²) in [5.41, 5.74) is 0. The van der Waals surface area contributed by atoms with Crippen LogP contribution in [-0.2, 0) is 0 Å². The van der Waals surface area contributed by atoms with Crippen molar-refractivity contribution < 1.29 is 0 Å². The van der Waals surface area contributed by atoms with Crippen LogP contribution in [0.25, 0.3) is 0 Å². The Labute approximate surface area is 79.3 Å². The Balaban J connectivity index is 1.88. The van der Waals surface area contributed by atoms with Crippen LogP contribution in [0, 0.1) is 5.92 Å². The molecule has 0 aromatic carbocycles. The third kappa shape index (κ3) is 0.602. The van der Waals surface area contributed by atoms with Crippen molar-refractivity contribution >= 4 is 0 Å². The maximum absolute atomic E-state index is 2.75. The molecule has 0 aromatic rings. The molecule has 3 nitrogen and oxygen atoms in total. The van der Waals surface area contributed by atoms with Gasteiger partial charge in [0.1, 0.15) is 5.79 Å². The number of nitrogens with zero attached hydrogens (tertiary/aromatic N) is 3. The van der Waals surface area contributed by atoms with E-state index in [1.807, 2.05) is 0 Å². The molecule has 4 aliphatic rings. The molecule has 4 fully saturated rings. The second-order valence-electron chi connectivity index (χ2n) is 4.92. The van der Waals surface area contributed by atoms with Gasteiger partial charge in [-0.2, -0.15) is 0 Å². The predicted molar refractivity (Wildman–Crippen MR) is 50.2 cm³/mol. The molecule has 0 bridgehead atoms. The maximum Gasteiger partial charge on any atom is 0.134 e. The van der Waals surface area contributed by atoms with Crippen molar-refractivity contribution in [2.45, 2.75) is 18.6 Å².